The lowest BCUT2D eigenvalue weighted by Crippen LogP contribution is -2.23. The molecule has 0 atom stereocenters. The van der Waals surface area contributed by atoms with E-state index in [-0.39, 0.29) is 11.3 Å². The van der Waals surface area contributed by atoms with E-state index in [1.54, 1.807) is 11.7 Å². The highest BCUT2D eigenvalue weighted by atomic mass is 16.5. The summed E-state index contributed by atoms with van der Waals surface area (Å²) in [6, 6.07) is 5.70. The van der Waals surface area contributed by atoms with Gasteiger partial charge in [0.1, 0.15) is 12.4 Å². The second-order valence-corrected chi connectivity index (χ2v) is 7.74. The Balaban J connectivity index is 2.41. The number of ether oxygens (including phenoxy) is 3. The first-order chi connectivity index (χ1) is 14.4. The Hall–Kier alpha value is -2.69. The lowest BCUT2D eigenvalue weighted by atomic mass is 10.1. The zero-order valence-corrected chi connectivity index (χ0v) is 19.2. The van der Waals surface area contributed by atoms with Gasteiger partial charge in [-0.05, 0) is 58.2 Å². The minimum atomic E-state index is -0.175. The Morgan fingerprint density at radius 2 is 1.83 bits per heavy atom. The number of pyridine rings is 1. The van der Waals surface area contributed by atoms with Crippen LogP contribution in [0.3, 0.4) is 0 Å². The number of methoxy groups -OCH3 is 2. The predicted octanol–water partition coefficient (Wildman–Crippen LogP) is 5.89. The lowest BCUT2D eigenvalue weighted by Gasteiger charge is -2.17. The predicted molar refractivity (Wildman–Crippen MR) is 124 cm³/mol. The van der Waals surface area contributed by atoms with Crippen molar-refractivity contribution >= 4 is 10.9 Å². The van der Waals surface area contributed by atoms with Crippen LogP contribution in [0.25, 0.3) is 10.9 Å². The normalized spacial score (nSPS) is 11.5. The fourth-order valence-electron chi connectivity index (χ4n) is 3.32. The highest BCUT2D eigenvalue weighted by molar-refractivity contribution is 5.89. The summed E-state index contributed by atoms with van der Waals surface area (Å²) >= 11 is 0. The van der Waals surface area contributed by atoms with E-state index in [0.717, 1.165) is 36.6 Å². The van der Waals surface area contributed by atoms with Crippen molar-refractivity contribution in [1.82, 2.24) is 4.57 Å². The van der Waals surface area contributed by atoms with Gasteiger partial charge in [0, 0.05) is 18.0 Å². The number of allylic oxidation sites excluding steroid dienone is 3. The molecule has 0 radical (unpaired) electrons. The molecule has 5 heteroatoms. The summed E-state index contributed by atoms with van der Waals surface area (Å²) in [6.07, 6.45) is 8.21. The van der Waals surface area contributed by atoms with E-state index in [0.29, 0.717) is 24.7 Å². The maximum atomic E-state index is 13.1. The van der Waals surface area contributed by atoms with E-state index in [4.69, 9.17) is 14.2 Å². The van der Waals surface area contributed by atoms with E-state index >= 15 is 0 Å². The maximum Gasteiger partial charge on any atom is 0.297 e. The van der Waals surface area contributed by atoms with Crippen molar-refractivity contribution in [1.29, 1.82) is 0 Å². The van der Waals surface area contributed by atoms with E-state index in [1.807, 2.05) is 18.2 Å². The first-order valence-electron chi connectivity index (χ1n) is 10.6. The number of fused-ring (bicyclic) bond motifs is 1. The molecule has 1 aromatic carbocycles. The number of benzene rings is 1. The smallest absolute Gasteiger partial charge is 0.297 e. The highest BCUT2D eigenvalue weighted by Crippen LogP contribution is 2.34. The second kappa shape index (κ2) is 11.5. The van der Waals surface area contributed by atoms with Gasteiger partial charge in [0.05, 0.1) is 19.7 Å². The minimum Gasteiger partial charge on any atom is -0.497 e. The molecule has 0 aliphatic rings. The molecule has 30 heavy (non-hydrogen) atoms. The van der Waals surface area contributed by atoms with Gasteiger partial charge in [-0.3, -0.25) is 4.79 Å². The molecule has 0 saturated carbocycles. The number of rotatable bonds is 11. The molecule has 5 nitrogen and oxygen atoms in total. The van der Waals surface area contributed by atoms with Crippen LogP contribution in [0.15, 0.2) is 46.3 Å². The molecule has 0 aliphatic carbocycles. The standard InChI is InChI=1S/C25H35NO4/c1-7-8-15-26-22-17-20(28-5)12-13-21(22)23(24(29-6)25(26)27)30-16-14-19(4)11-9-10-18(2)3/h10,12-14,17H,7-9,11,15-16H2,1-6H3/b19-14+. The third-order valence-corrected chi connectivity index (χ3v) is 5.08. The zero-order chi connectivity index (χ0) is 22.1. The van der Waals surface area contributed by atoms with Crippen molar-refractivity contribution in [3.8, 4) is 17.2 Å². The Labute approximate surface area is 180 Å². The first-order valence-corrected chi connectivity index (χ1v) is 10.6. The molecule has 164 valence electrons. The average Bonchev–Trinajstić information content (AvgIpc) is 2.72. The van der Waals surface area contributed by atoms with E-state index in [2.05, 4.69) is 39.8 Å². The summed E-state index contributed by atoms with van der Waals surface area (Å²) in [4.78, 5) is 13.1. The molecule has 1 heterocycles. The summed E-state index contributed by atoms with van der Waals surface area (Å²) in [6.45, 7) is 9.43. The van der Waals surface area contributed by atoms with Crippen molar-refractivity contribution in [3.63, 3.8) is 0 Å². The fourth-order valence-corrected chi connectivity index (χ4v) is 3.32. The molecule has 0 saturated heterocycles. The third-order valence-electron chi connectivity index (χ3n) is 5.08. The van der Waals surface area contributed by atoms with Crippen LogP contribution in [0.1, 0.15) is 53.4 Å². The molecular weight excluding hydrogens is 378 g/mol. The molecule has 0 fully saturated rings. The SMILES string of the molecule is CCCCn1c(=O)c(OC)c(OC/C=C(\C)CCC=C(C)C)c2ccc(OC)cc21. The van der Waals surface area contributed by atoms with Crippen LogP contribution in [0.4, 0.5) is 0 Å². The van der Waals surface area contributed by atoms with Gasteiger partial charge in [-0.1, -0.05) is 30.6 Å². The van der Waals surface area contributed by atoms with Crippen molar-refractivity contribution < 1.29 is 14.2 Å². The number of aromatic nitrogens is 1. The van der Waals surface area contributed by atoms with Gasteiger partial charge in [0.2, 0.25) is 5.75 Å². The monoisotopic (exact) mass is 413 g/mol. The van der Waals surface area contributed by atoms with Crippen LogP contribution in [-0.2, 0) is 6.54 Å². The molecule has 0 amide bonds. The van der Waals surface area contributed by atoms with Crippen molar-refractivity contribution in [2.75, 3.05) is 20.8 Å². The molecule has 2 rings (SSSR count). The molecular formula is C25H35NO4. The summed E-state index contributed by atoms with van der Waals surface area (Å²) < 4.78 is 18.7. The minimum absolute atomic E-state index is 0.175. The molecule has 0 N–H and O–H groups in total. The van der Waals surface area contributed by atoms with Crippen LogP contribution in [0.5, 0.6) is 17.2 Å². The number of aryl methyl sites for hydroxylation is 1. The first kappa shape index (κ1) is 23.6. The fraction of sp³-hybridized carbons (Fsp3) is 0.480. The van der Waals surface area contributed by atoms with Gasteiger partial charge in [-0.15, -0.1) is 0 Å². The Bertz CT molecular complexity index is 965. The average molecular weight is 414 g/mol. The van der Waals surface area contributed by atoms with Gasteiger partial charge in [-0.2, -0.15) is 0 Å². The van der Waals surface area contributed by atoms with Crippen LogP contribution >= 0.6 is 0 Å². The number of hydrogen-bond donors (Lipinski definition) is 0. The summed E-state index contributed by atoms with van der Waals surface area (Å²) in [5.41, 5.74) is 3.21. The van der Waals surface area contributed by atoms with E-state index in [1.165, 1.54) is 18.3 Å². The van der Waals surface area contributed by atoms with Gasteiger partial charge in [-0.25, -0.2) is 0 Å². The highest BCUT2D eigenvalue weighted by Gasteiger charge is 2.19. The van der Waals surface area contributed by atoms with Gasteiger partial charge >= 0.3 is 0 Å². The molecule has 1 aromatic heterocycles. The zero-order valence-electron chi connectivity index (χ0n) is 19.2. The molecule has 0 spiro atoms. The Morgan fingerprint density at radius 1 is 1.07 bits per heavy atom. The van der Waals surface area contributed by atoms with Gasteiger partial charge < -0.3 is 18.8 Å². The van der Waals surface area contributed by atoms with Crippen LogP contribution in [0, 0.1) is 0 Å². The number of nitrogens with zero attached hydrogens (tertiary/aromatic N) is 1. The summed E-state index contributed by atoms with van der Waals surface area (Å²) in [5, 5.41) is 0.846. The Kier molecular flexibility index (Phi) is 9.03. The third kappa shape index (κ3) is 5.91. The van der Waals surface area contributed by atoms with Crippen LogP contribution < -0.4 is 19.8 Å². The van der Waals surface area contributed by atoms with Crippen LogP contribution in [-0.4, -0.2) is 25.4 Å². The van der Waals surface area contributed by atoms with E-state index < -0.39 is 0 Å². The topological polar surface area (TPSA) is 49.7 Å². The lowest BCUT2D eigenvalue weighted by molar-refractivity contribution is 0.324. The van der Waals surface area contributed by atoms with Crippen LogP contribution in [0.2, 0.25) is 0 Å². The Morgan fingerprint density at radius 3 is 2.47 bits per heavy atom. The number of unbranched alkanes of at least 4 members (excludes halogenated alkanes) is 1. The summed E-state index contributed by atoms with van der Waals surface area (Å²) in [7, 11) is 3.14. The summed E-state index contributed by atoms with van der Waals surface area (Å²) in [5.74, 6) is 1.44. The molecule has 2 aromatic rings. The van der Waals surface area contributed by atoms with Gasteiger partial charge in [0.15, 0.2) is 5.75 Å². The maximum absolute atomic E-state index is 13.1. The van der Waals surface area contributed by atoms with E-state index in [9.17, 15) is 4.79 Å². The quantitative estimate of drug-likeness (QED) is 0.431. The second-order valence-electron chi connectivity index (χ2n) is 7.74. The van der Waals surface area contributed by atoms with Crippen molar-refractivity contribution in [2.24, 2.45) is 0 Å². The van der Waals surface area contributed by atoms with Crippen molar-refractivity contribution in [2.45, 2.75) is 59.9 Å². The molecule has 0 unspecified atom stereocenters. The van der Waals surface area contributed by atoms with Crippen molar-refractivity contribution in [3.05, 3.63) is 51.9 Å². The largest absolute Gasteiger partial charge is 0.497 e. The number of hydrogen-bond acceptors (Lipinski definition) is 4. The molecule has 0 aliphatic heterocycles. The van der Waals surface area contributed by atoms with Gasteiger partial charge in [0.25, 0.3) is 5.56 Å². The molecule has 0 bridgehead atoms.